The monoisotopic (exact) mass is 334 g/mol. The van der Waals surface area contributed by atoms with E-state index in [2.05, 4.69) is 28.1 Å². The van der Waals surface area contributed by atoms with Crippen molar-refractivity contribution in [1.29, 1.82) is 0 Å². The molecule has 3 aliphatic heterocycles. The number of carbonyl (C=O) groups excluding carboxylic acids is 1. The highest BCUT2D eigenvalue weighted by Crippen LogP contribution is 2.38. The summed E-state index contributed by atoms with van der Waals surface area (Å²) in [7, 11) is 2.06. The molecule has 24 heavy (non-hydrogen) atoms. The van der Waals surface area contributed by atoms with Crippen molar-refractivity contribution in [3.8, 4) is 12.3 Å². The summed E-state index contributed by atoms with van der Waals surface area (Å²) in [4.78, 5) is 17.1. The third kappa shape index (κ3) is 3.77. The first-order valence-corrected chi connectivity index (χ1v) is 8.61. The Bertz CT molecular complexity index is 538. The number of rotatable bonds is 5. The van der Waals surface area contributed by atoms with Crippen LogP contribution in [0.3, 0.4) is 0 Å². The standard InChI is InChI=1S/C17H26N4O3/c1-3-4-6-17(18-19-17)7-5-15(22)21-9-11-24-14-16(21)12-20(2)8-10-23-13-16/h1H,4-14H2,2H3. The Morgan fingerprint density at radius 3 is 2.58 bits per heavy atom. The molecule has 2 saturated heterocycles. The summed E-state index contributed by atoms with van der Waals surface area (Å²) in [5.74, 6) is 2.75. The van der Waals surface area contributed by atoms with Gasteiger partial charge in [-0.1, -0.05) is 0 Å². The molecule has 0 aromatic heterocycles. The molecule has 7 heteroatoms. The van der Waals surface area contributed by atoms with Crippen molar-refractivity contribution < 1.29 is 14.3 Å². The zero-order chi connectivity index (χ0) is 17.0. The third-order valence-electron chi connectivity index (χ3n) is 5.05. The Balaban J connectivity index is 1.62. The van der Waals surface area contributed by atoms with E-state index < -0.39 is 5.66 Å². The summed E-state index contributed by atoms with van der Waals surface area (Å²) in [5, 5.41) is 8.24. The maximum absolute atomic E-state index is 12.9. The van der Waals surface area contributed by atoms with Gasteiger partial charge in [0.15, 0.2) is 5.66 Å². The molecule has 3 rings (SSSR count). The maximum Gasteiger partial charge on any atom is 0.223 e. The molecule has 0 bridgehead atoms. The molecule has 0 saturated carbocycles. The quantitative estimate of drug-likeness (QED) is 0.701. The number of likely N-dealkylation sites (N-methyl/N-ethyl adjacent to an activating group) is 1. The minimum Gasteiger partial charge on any atom is -0.378 e. The summed E-state index contributed by atoms with van der Waals surface area (Å²) in [6, 6.07) is 0. The molecule has 0 N–H and O–H groups in total. The van der Waals surface area contributed by atoms with Crippen LogP contribution in [0.5, 0.6) is 0 Å². The van der Waals surface area contributed by atoms with Crippen molar-refractivity contribution in [3.63, 3.8) is 0 Å². The van der Waals surface area contributed by atoms with Gasteiger partial charge < -0.3 is 19.3 Å². The van der Waals surface area contributed by atoms with Crippen LogP contribution in [-0.4, -0.2) is 80.0 Å². The highest BCUT2D eigenvalue weighted by atomic mass is 16.5. The lowest BCUT2D eigenvalue weighted by molar-refractivity contribution is -0.155. The molecule has 2 fully saturated rings. The fourth-order valence-electron chi connectivity index (χ4n) is 3.59. The molecule has 1 atom stereocenters. The normalized spacial score (nSPS) is 29.2. The lowest BCUT2D eigenvalue weighted by atomic mass is 9.95. The number of nitrogens with zero attached hydrogens (tertiary/aromatic N) is 4. The van der Waals surface area contributed by atoms with Crippen molar-refractivity contribution in [2.24, 2.45) is 10.2 Å². The average Bonchev–Trinajstić information content (AvgIpc) is 3.37. The Morgan fingerprint density at radius 1 is 1.21 bits per heavy atom. The molecule has 3 aliphatic rings. The first-order valence-electron chi connectivity index (χ1n) is 8.61. The fraction of sp³-hybridized carbons (Fsp3) is 0.824. The number of hydrogen-bond donors (Lipinski definition) is 0. The van der Waals surface area contributed by atoms with Crippen LogP contribution < -0.4 is 0 Å². The molecular formula is C17H26N4O3. The van der Waals surface area contributed by atoms with Gasteiger partial charge in [0.2, 0.25) is 5.91 Å². The molecule has 0 aromatic carbocycles. The van der Waals surface area contributed by atoms with Crippen LogP contribution in [0.2, 0.25) is 0 Å². The topological polar surface area (TPSA) is 66.7 Å². The highest BCUT2D eigenvalue weighted by Gasteiger charge is 2.46. The number of terminal acetylenes is 1. The van der Waals surface area contributed by atoms with Gasteiger partial charge in [0.1, 0.15) is 5.54 Å². The second-order valence-electron chi connectivity index (χ2n) is 7.00. The van der Waals surface area contributed by atoms with Gasteiger partial charge in [-0.2, -0.15) is 10.2 Å². The number of amides is 1. The Kier molecular flexibility index (Phi) is 5.18. The van der Waals surface area contributed by atoms with Gasteiger partial charge >= 0.3 is 0 Å². The lowest BCUT2D eigenvalue weighted by Crippen LogP contribution is -2.65. The van der Waals surface area contributed by atoms with Crippen molar-refractivity contribution in [3.05, 3.63) is 0 Å². The second kappa shape index (κ2) is 7.18. The Morgan fingerprint density at radius 2 is 1.92 bits per heavy atom. The molecule has 3 heterocycles. The van der Waals surface area contributed by atoms with Crippen LogP contribution in [-0.2, 0) is 14.3 Å². The van der Waals surface area contributed by atoms with Crippen molar-refractivity contribution in [1.82, 2.24) is 9.80 Å². The van der Waals surface area contributed by atoms with Gasteiger partial charge in [-0.25, -0.2) is 0 Å². The second-order valence-corrected chi connectivity index (χ2v) is 7.00. The molecule has 7 nitrogen and oxygen atoms in total. The van der Waals surface area contributed by atoms with Crippen molar-refractivity contribution >= 4 is 5.91 Å². The van der Waals surface area contributed by atoms with Crippen LogP contribution >= 0.6 is 0 Å². The maximum atomic E-state index is 12.9. The van der Waals surface area contributed by atoms with Gasteiger partial charge in [0, 0.05) is 45.3 Å². The Hall–Kier alpha value is -1.49. The van der Waals surface area contributed by atoms with Gasteiger partial charge in [0.25, 0.3) is 0 Å². The Labute approximate surface area is 143 Å². The third-order valence-corrected chi connectivity index (χ3v) is 5.05. The minimum absolute atomic E-state index is 0.134. The lowest BCUT2D eigenvalue weighted by Gasteiger charge is -2.47. The van der Waals surface area contributed by atoms with Crippen LogP contribution in [0, 0.1) is 12.3 Å². The SMILES string of the molecule is C#CCCC1(CCC(=O)N2CCOCC23COCCN(C)C3)N=N1. The van der Waals surface area contributed by atoms with E-state index in [0.29, 0.717) is 52.2 Å². The summed E-state index contributed by atoms with van der Waals surface area (Å²) in [5.41, 5.74) is -0.789. The number of carbonyl (C=O) groups is 1. The van der Waals surface area contributed by atoms with Gasteiger partial charge in [0.05, 0.1) is 26.4 Å². The number of ether oxygens (including phenoxy) is 2. The molecule has 1 unspecified atom stereocenters. The zero-order valence-electron chi connectivity index (χ0n) is 14.4. The summed E-state index contributed by atoms with van der Waals surface area (Å²) >= 11 is 0. The van der Waals surface area contributed by atoms with Crippen LogP contribution in [0.1, 0.15) is 25.7 Å². The van der Waals surface area contributed by atoms with Gasteiger partial charge in [-0.3, -0.25) is 4.79 Å². The minimum atomic E-state index is -0.405. The number of hydrogen-bond acceptors (Lipinski definition) is 6. The van der Waals surface area contributed by atoms with Crippen LogP contribution in [0.4, 0.5) is 0 Å². The molecule has 132 valence electrons. The van der Waals surface area contributed by atoms with Crippen molar-refractivity contribution in [2.45, 2.75) is 36.9 Å². The summed E-state index contributed by atoms with van der Waals surface area (Å²) in [6.45, 7) is 4.58. The summed E-state index contributed by atoms with van der Waals surface area (Å²) < 4.78 is 11.5. The van der Waals surface area contributed by atoms with E-state index in [-0.39, 0.29) is 11.4 Å². The van der Waals surface area contributed by atoms with E-state index in [9.17, 15) is 4.79 Å². The summed E-state index contributed by atoms with van der Waals surface area (Å²) in [6.07, 6.45) is 7.76. The van der Waals surface area contributed by atoms with E-state index in [4.69, 9.17) is 15.9 Å². The predicted molar refractivity (Wildman–Crippen MR) is 88.5 cm³/mol. The van der Waals surface area contributed by atoms with Crippen LogP contribution in [0.15, 0.2) is 10.2 Å². The molecule has 0 aliphatic carbocycles. The van der Waals surface area contributed by atoms with E-state index >= 15 is 0 Å². The van der Waals surface area contributed by atoms with Gasteiger partial charge in [-0.15, -0.1) is 12.3 Å². The van der Waals surface area contributed by atoms with E-state index in [0.717, 1.165) is 19.5 Å². The largest absolute Gasteiger partial charge is 0.378 e. The zero-order valence-corrected chi connectivity index (χ0v) is 14.4. The smallest absolute Gasteiger partial charge is 0.223 e. The van der Waals surface area contributed by atoms with E-state index in [1.54, 1.807) is 0 Å². The van der Waals surface area contributed by atoms with Gasteiger partial charge in [-0.05, 0) is 7.05 Å². The fourth-order valence-corrected chi connectivity index (χ4v) is 3.59. The average molecular weight is 334 g/mol. The predicted octanol–water partition coefficient (Wildman–Crippen LogP) is 0.902. The molecule has 1 amide bonds. The first kappa shape index (κ1) is 17.3. The first-order chi connectivity index (χ1) is 11.6. The van der Waals surface area contributed by atoms with Crippen molar-refractivity contribution in [2.75, 3.05) is 53.1 Å². The molecular weight excluding hydrogens is 308 g/mol. The van der Waals surface area contributed by atoms with E-state index in [1.807, 2.05) is 4.90 Å². The molecule has 0 aromatic rings. The van der Waals surface area contributed by atoms with E-state index in [1.165, 1.54) is 0 Å². The molecule has 0 radical (unpaired) electrons. The highest BCUT2D eigenvalue weighted by molar-refractivity contribution is 5.77. The molecule has 1 spiro atoms. The van der Waals surface area contributed by atoms with Crippen LogP contribution in [0.25, 0.3) is 0 Å². The number of morpholine rings is 1.